The number of aliphatic hydroxyl groups excluding tert-OH is 1. The van der Waals surface area contributed by atoms with Crippen LogP contribution in [0.15, 0.2) is 23.1 Å². The average molecular weight is 304 g/mol. The van der Waals surface area contributed by atoms with Crippen LogP contribution in [-0.2, 0) is 10.0 Å². The summed E-state index contributed by atoms with van der Waals surface area (Å²) in [4.78, 5) is 0.208. The fraction of sp³-hybridized carbons (Fsp3) is 0.538. The first-order valence-corrected chi connectivity index (χ1v) is 8.21. The molecule has 1 fully saturated rings. The highest BCUT2D eigenvalue weighted by atomic mass is 35.5. The number of hydrogen-bond acceptors (Lipinski definition) is 3. The number of rotatable bonds is 3. The van der Waals surface area contributed by atoms with Crippen LogP contribution in [-0.4, -0.2) is 25.7 Å². The first-order chi connectivity index (χ1) is 8.88. The van der Waals surface area contributed by atoms with E-state index in [4.69, 9.17) is 11.6 Å². The summed E-state index contributed by atoms with van der Waals surface area (Å²) in [7, 11) is -3.58. The predicted molar refractivity (Wildman–Crippen MR) is 74.8 cm³/mol. The van der Waals surface area contributed by atoms with Gasteiger partial charge in [-0.15, -0.1) is 0 Å². The quantitative estimate of drug-likeness (QED) is 0.900. The Kier molecular flexibility index (Phi) is 4.50. The number of sulfonamides is 1. The molecule has 0 radical (unpaired) electrons. The molecule has 0 aliphatic heterocycles. The van der Waals surface area contributed by atoms with E-state index in [9.17, 15) is 13.5 Å². The highest BCUT2D eigenvalue weighted by Gasteiger charge is 2.26. The highest BCUT2D eigenvalue weighted by Crippen LogP contribution is 2.23. The smallest absolute Gasteiger partial charge is 0.241 e. The molecule has 1 aliphatic rings. The molecule has 0 heterocycles. The first kappa shape index (κ1) is 14.8. The molecular formula is C13H18ClNO3S. The van der Waals surface area contributed by atoms with Crippen molar-refractivity contribution in [2.24, 2.45) is 0 Å². The van der Waals surface area contributed by atoms with Crippen molar-refractivity contribution < 1.29 is 13.5 Å². The molecule has 0 saturated heterocycles. The zero-order valence-electron chi connectivity index (χ0n) is 10.8. The lowest BCUT2D eigenvalue weighted by atomic mass is 9.94. The monoisotopic (exact) mass is 303 g/mol. The Balaban J connectivity index is 2.20. The van der Waals surface area contributed by atoms with Crippen molar-refractivity contribution in [3.8, 4) is 0 Å². The second-order valence-corrected chi connectivity index (χ2v) is 7.17. The van der Waals surface area contributed by atoms with Crippen LogP contribution in [0.25, 0.3) is 0 Å². The van der Waals surface area contributed by atoms with E-state index >= 15 is 0 Å². The molecular weight excluding hydrogens is 286 g/mol. The van der Waals surface area contributed by atoms with Crippen LogP contribution in [0.2, 0.25) is 5.02 Å². The number of aliphatic hydroxyl groups is 1. The highest BCUT2D eigenvalue weighted by molar-refractivity contribution is 7.89. The van der Waals surface area contributed by atoms with Crippen molar-refractivity contribution in [2.75, 3.05) is 0 Å². The SMILES string of the molecule is Cc1ccc(Cl)cc1S(=O)(=O)NC1CCCC(O)C1. The van der Waals surface area contributed by atoms with E-state index in [1.807, 2.05) is 0 Å². The Morgan fingerprint density at radius 3 is 2.79 bits per heavy atom. The molecule has 0 amide bonds. The number of hydrogen-bond donors (Lipinski definition) is 2. The van der Waals surface area contributed by atoms with Crippen LogP contribution in [0.1, 0.15) is 31.2 Å². The third-order valence-corrected chi connectivity index (χ3v) is 5.31. The van der Waals surface area contributed by atoms with Gasteiger partial charge in [-0.2, -0.15) is 0 Å². The number of nitrogens with one attached hydrogen (secondary N) is 1. The fourth-order valence-electron chi connectivity index (χ4n) is 2.42. The maximum absolute atomic E-state index is 12.3. The van der Waals surface area contributed by atoms with Gasteiger partial charge >= 0.3 is 0 Å². The van der Waals surface area contributed by atoms with Gasteiger partial charge in [-0.25, -0.2) is 13.1 Å². The molecule has 1 aromatic rings. The Morgan fingerprint density at radius 1 is 1.37 bits per heavy atom. The first-order valence-electron chi connectivity index (χ1n) is 6.35. The topological polar surface area (TPSA) is 66.4 Å². The van der Waals surface area contributed by atoms with E-state index in [1.54, 1.807) is 19.1 Å². The Hall–Kier alpha value is -0.620. The molecule has 106 valence electrons. The van der Waals surface area contributed by atoms with Gasteiger partial charge in [-0.3, -0.25) is 0 Å². The van der Waals surface area contributed by atoms with Gasteiger partial charge in [0.1, 0.15) is 0 Å². The molecule has 4 nitrogen and oxygen atoms in total. The standard InChI is InChI=1S/C13H18ClNO3S/c1-9-5-6-10(14)7-13(9)19(17,18)15-11-3-2-4-12(16)8-11/h5-7,11-12,15-16H,2-4,8H2,1H3. The summed E-state index contributed by atoms with van der Waals surface area (Å²) in [6, 6.07) is 4.61. The lowest BCUT2D eigenvalue weighted by Gasteiger charge is -2.26. The number of benzene rings is 1. The van der Waals surface area contributed by atoms with Crippen molar-refractivity contribution in [2.45, 2.75) is 49.6 Å². The Labute approximate surface area is 118 Å². The second-order valence-electron chi connectivity index (χ2n) is 5.05. The molecule has 0 spiro atoms. The van der Waals surface area contributed by atoms with Crippen LogP contribution in [0.3, 0.4) is 0 Å². The van der Waals surface area contributed by atoms with Crippen LogP contribution >= 0.6 is 11.6 Å². The fourth-order valence-corrected chi connectivity index (χ4v) is 4.21. The van der Waals surface area contributed by atoms with Crippen molar-refractivity contribution in [3.05, 3.63) is 28.8 Å². The molecule has 2 rings (SSSR count). The van der Waals surface area contributed by atoms with E-state index in [0.717, 1.165) is 19.3 Å². The molecule has 2 N–H and O–H groups in total. The molecule has 0 bridgehead atoms. The lowest BCUT2D eigenvalue weighted by molar-refractivity contribution is 0.117. The molecule has 1 aliphatic carbocycles. The second kappa shape index (κ2) is 5.79. The minimum atomic E-state index is -3.58. The van der Waals surface area contributed by atoms with Crippen LogP contribution in [0.4, 0.5) is 0 Å². The zero-order valence-corrected chi connectivity index (χ0v) is 12.3. The van der Waals surface area contributed by atoms with E-state index in [1.165, 1.54) is 6.07 Å². The van der Waals surface area contributed by atoms with Gasteiger partial charge in [-0.05, 0) is 50.3 Å². The average Bonchev–Trinajstić information content (AvgIpc) is 2.31. The maximum Gasteiger partial charge on any atom is 0.241 e. The van der Waals surface area contributed by atoms with Crippen LogP contribution in [0.5, 0.6) is 0 Å². The molecule has 1 aromatic carbocycles. The molecule has 2 atom stereocenters. The number of halogens is 1. The van der Waals surface area contributed by atoms with E-state index in [-0.39, 0.29) is 10.9 Å². The van der Waals surface area contributed by atoms with Gasteiger partial charge in [-0.1, -0.05) is 17.7 Å². The maximum atomic E-state index is 12.3. The zero-order chi connectivity index (χ0) is 14.0. The van der Waals surface area contributed by atoms with Crippen LogP contribution < -0.4 is 4.72 Å². The largest absolute Gasteiger partial charge is 0.393 e. The normalized spacial score (nSPS) is 24.4. The summed E-state index contributed by atoms with van der Waals surface area (Å²) in [5, 5.41) is 9.99. The summed E-state index contributed by atoms with van der Waals surface area (Å²) in [6.07, 6.45) is 2.40. The summed E-state index contributed by atoms with van der Waals surface area (Å²) in [5.74, 6) is 0. The Morgan fingerprint density at radius 2 is 2.11 bits per heavy atom. The Bertz CT molecular complexity index is 559. The molecule has 0 aromatic heterocycles. The van der Waals surface area contributed by atoms with E-state index in [0.29, 0.717) is 17.0 Å². The summed E-state index contributed by atoms with van der Waals surface area (Å²) in [5.41, 5.74) is 0.660. The van der Waals surface area contributed by atoms with Crippen molar-refractivity contribution >= 4 is 21.6 Å². The van der Waals surface area contributed by atoms with Gasteiger partial charge in [0.05, 0.1) is 11.0 Å². The van der Waals surface area contributed by atoms with E-state index < -0.39 is 16.1 Å². The summed E-state index contributed by atoms with van der Waals surface area (Å²) >= 11 is 5.86. The summed E-state index contributed by atoms with van der Waals surface area (Å²) in [6.45, 7) is 1.74. The summed E-state index contributed by atoms with van der Waals surface area (Å²) < 4.78 is 27.3. The van der Waals surface area contributed by atoms with Crippen molar-refractivity contribution in [3.63, 3.8) is 0 Å². The third-order valence-electron chi connectivity index (χ3n) is 3.41. The lowest BCUT2D eigenvalue weighted by Crippen LogP contribution is -2.39. The molecule has 1 saturated carbocycles. The van der Waals surface area contributed by atoms with Crippen LogP contribution in [0, 0.1) is 6.92 Å². The molecule has 19 heavy (non-hydrogen) atoms. The number of aryl methyl sites for hydroxylation is 1. The minimum absolute atomic E-state index is 0.202. The van der Waals surface area contributed by atoms with Gasteiger partial charge < -0.3 is 5.11 Å². The molecule has 6 heteroatoms. The van der Waals surface area contributed by atoms with E-state index in [2.05, 4.69) is 4.72 Å². The van der Waals surface area contributed by atoms with Crippen molar-refractivity contribution in [1.82, 2.24) is 4.72 Å². The van der Waals surface area contributed by atoms with Gasteiger partial charge in [0.25, 0.3) is 0 Å². The van der Waals surface area contributed by atoms with Gasteiger partial charge in [0, 0.05) is 11.1 Å². The minimum Gasteiger partial charge on any atom is -0.393 e. The third kappa shape index (κ3) is 3.69. The van der Waals surface area contributed by atoms with Gasteiger partial charge in [0.2, 0.25) is 10.0 Å². The predicted octanol–water partition coefficient (Wildman–Crippen LogP) is 2.23. The molecule has 2 unspecified atom stereocenters. The van der Waals surface area contributed by atoms with Gasteiger partial charge in [0.15, 0.2) is 0 Å². The van der Waals surface area contributed by atoms with Crippen molar-refractivity contribution in [1.29, 1.82) is 0 Å².